The summed E-state index contributed by atoms with van der Waals surface area (Å²) in [6, 6.07) is 1.95. The van der Waals surface area contributed by atoms with Gasteiger partial charge in [-0.1, -0.05) is 0 Å². The molecule has 1 fully saturated rings. The minimum atomic E-state index is -0.363. The second-order valence-electron chi connectivity index (χ2n) is 6.83. The average molecular weight is 353 g/mol. The lowest BCUT2D eigenvalue weighted by Gasteiger charge is -2.31. The van der Waals surface area contributed by atoms with Crippen LogP contribution in [0.5, 0.6) is 0 Å². The molecule has 2 aromatic heterocycles. The Morgan fingerprint density at radius 3 is 2.73 bits per heavy atom. The Balaban J connectivity index is 1.60. The highest BCUT2D eigenvalue weighted by atomic mass is 16.2. The fourth-order valence-corrected chi connectivity index (χ4v) is 3.74. The van der Waals surface area contributed by atoms with E-state index in [0.717, 1.165) is 42.9 Å². The van der Waals surface area contributed by atoms with Gasteiger partial charge >= 0.3 is 0 Å². The number of likely N-dealkylation sites (tertiary alicyclic amines) is 1. The maximum Gasteiger partial charge on any atom is 0.266 e. The number of rotatable bonds is 4. The third-order valence-corrected chi connectivity index (χ3v) is 5.32. The van der Waals surface area contributed by atoms with Crippen LogP contribution < -0.4 is 5.56 Å². The van der Waals surface area contributed by atoms with Crippen LogP contribution >= 0.6 is 0 Å². The Hall–Kier alpha value is -2.88. The van der Waals surface area contributed by atoms with Gasteiger partial charge in [0.2, 0.25) is 5.91 Å². The number of aromatic nitrogens is 3. The van der Waals surface area contributed by atoms with Crippen molar-refractivity contribution < 1.29 is 4.79 Å². The molecule has 0 unspecified atom stereocenters. The number of nitrogens with one attached hydrogen (secondary N) is 2. The fraction of sp³-hybridized carbons (Fsp3) is 0.474. The van der Waals surface area contributed by atoms with Crippen molar-refractivity contribution in [2.45, 2.75) is 45.4 Å². The average Bonchev–Trinajstić information content (AvgIpc) is 3.16. The Morgan fingerprint density at radius 2 is 2.12 bits per heavy atom. The number of H-pyrrole nitrogens is 2. The zero-order valence-electron chi connectivity index (χ0n) is 15.1. The third kappa shape index (κ3) is 3.54. The summed E-state index contributed by atoms with van der Waals surface area (Å²) in [5.41, 5.74) is 3.22. The fourth-order valence-electron chi connectivity index (χ4n) is 3.74. The Bertz CT molecular complexity index is 884. The number of aromatic amines is 2. The van der Waals surface area contributed by atoms with Gasteiger partial charge in [-0.15, -0.1) is 0 Å². The van der Waals surface area contributed by atoms with Gasteiger partial charge < -0.3 is 14.9 Å². The van der Waals surface area contributed by atoms with Crippen molar-refractivity contribution in [3.63, 3.8) is 0 Å². The number of aryl methyl sites for hydroxylation is 1. The molecular formula is C19H23N5O2. The first kappa shape index (κ1) is 17.9. The van der Waals surface area contributed by atoms with Gasteiger partial charge in [0.1, 0.15) is 11.6 Å². The number of piperidine rings is 1. The number of nitrogens with zero attached hydrogens (tertiary/aromatic N) is 3. The lowest BCUT2D eigenvalue weighted by atomic mass is 9.93. The van der Waals surface area contributed by atoms with Crippen molar-refractivity contribution in [2.75, 3.05) is 13.1 Å². The molecule has 1 amide bonds. The van der Waals surface area contributed by atoms with Crippen LogP contribution in [0.25, 0.3) is 0 Å². The first-order valence-electron chi connectivity index (χ1n) is 8.89. The third-order valence-electron chi connectivity index (χ3n) is 5.32. The van der Waals surface area contributed by atoms with Crippen LogP contribution in [-0.4, -0.2) is 38.8 Å². The number of carbonyl (C=O) groups is 1. The van der Waals surface area contributed by atoms with Crippen LogP contribution in [0.15, 0.2) is 17.3 Å². The van der Waals surface area contributed by atoms with E-state index in [0.29, 0.717) is 24.3 Å². The van der Waals surface area contributed by atoms with E-state index >= 15 is 0 Å². The first-order chi connectivity index (χ1) is 12.5. The predicted molar refractivity (Wildman–Crippen MR) is 96.7 cm³/mol. The van der Waals surface area contributed by atoms with Crippen LogP contribution in [-0.2, 0) is 11.2 Å². The van der Waals surface area contributed by atoms with Crippen molar-refractivity contribution in [3.8, 4) is 6.07 Å². The molecule has 0 saturated carbocycles. The summed E-state index contributed by atoms with van der Waals surface area (Å²) in [6.45, 7) is 5.08. The van der Waals surface area contributed by atoms with Gasteiger partial charge in [0.05, 0.1) is 6.33 Å². The molecular weight excluding hydrogens is 330 g/mol. The molecule has 0 aromatic carbocycles. The highest BCUT2D eigenvalue weighted by Gasteiger charge is 2.24. The molecule has 0 spiro atoms. The molecule has 0 atom stereocenters. The molecule has 26 heavy (non-hydrogen) atoms. The van der Waals surface area contributed by atoms with E-state index in [-0.39, 0.29) is 17.0 Å². The van der Waals surface area contributed by atoms with Crippen molar-refractivity contribution in [3.05, 3.63) is 51.0 Å². The van der Waals surface area contributed by atoms with Crippen LogP contribution in [0.3, 0.4) is 0 Å². The first-order valence-corrected chi connectivity index (χ1v) is 8.89. The molecule has 0 bridgehead atoms. The van der Waals surface area contributed by atoms with E-state index < -0.39 is 0 Å². The van der Waals surface area contributed by atoms with E-state index in [1.807, 2.05) is 24.1 Å². The van der Waals surface area contributed by atoms with Crippen molar-refractivity contribution in [1.29, 1.82) is 5.26 Å². The molecule has 2 aromatic rings. The van der Waals surface area contributed by atoms with E-state index in [9.17, 15) is 9.59 Å². The van der Waals surface area contributed by atoms with Crippen LogP contribution in [0.4, 0.5) is 0 Å². The molecule has 1 saturated heterocycles. The van der Waals surface area contributed by atoms with Crippen molar-refractivity contribution >= 4 is 5.91 Å². The van der Waals surface area contributed by atoms with Crippen LogP contribution in [0.1, 0.15) is 53.3 Å². The highest BCUT2D eigenvalue weighted by molar-refractivity contribution is 5.76. The van der Waals surface area contributed by atoms with Gasteiger partial charge in [0.25, 0.3) is 5.56 Å². The summed E-state index contributed by atoms with van der Waals surface area (Å²) >= 11 is 0. The second kappa shape index (κ2) is 7.56. The highest BCUT2D eigenvalue weighted by Crippen LogP contribution is 2.26. The summed E-state index contributed by atoms with van der Waals surface area (Å²) in [7, 11) is 0. The number of carbonyl (C=O) groups excluding carboxylic acids is 1. The maximum atomic E-state index is 12.6. The number of pyridine rings is 1. The van der Waals surface area contributed by atoms with Gasteiger partial charge in [-0.2, -0.15) is 5.26 Å². The zero-order valence-corrected chi connectivity index (χ0v) is 15.1. The summed E-state index contributed by atoms with van der Waals surface area (Å²) in [5.74, 6) is 0.556. The summed E-state index contributed by atoms with van der Waals surface area (Å²) < 4.78 is 0. The Kier molecular flexibility index (Phi) is 5.21. The number of hydrogen-bond donors (Lipinski definition) is 2. The standard InChI is InChI=1S/C19H23N5O2/c1-12-15(13(2)23-19(26)16(12)9-20)3-4-18(25)24-7-5-14(6-8-24)17-10-21-11-22-17/h10-11,14H,3-8H2,1-2H3,(H,21,22)(H,23,26). The zero-order chi connectivity index (χ0) is 18.7. The van der Waals surface area contributed by atoms with Gasteiger partial charge in [0, 0.05) is 43.0 Å². The predicted octanol–water partition coefficient (Wildman–Crippen LogP) is 1.93. The van der Waals surface area contributed by atoms with Gasteiger partial charge in [-0.25, -0.2) is 4.98 Å². The van der Waals surface area contributed by atoms with E-state index in [2.05, 4.69) is 15.0 Å². The summed E-state index contributed by atoms with van der Waals surface area (Å²) in [6.07, 6.45) is 6.33. The Labute approximate surface area is 152 Å². The molecule has 3 rings (SSSR count). The molecule has 7 nitrogen and oxygen atoms in total. The maximum absolute atomic E-state index is 12.6. The van der Waals surface area contributed by atoms with Crippen LogP contribution in [0, 0.1) is 25.2 Å². The Morgan fingerprint density at radius 1 is 1.38 bits per heavy atom. The number of imidazole rings is 1. The molecule has 3 heterocycles. The lowest BCUT2D eigenvalue weighted by molar-refractivity contribution is -0.132. The SMILES string of the molecule is Cc1[nH]c(=O)c(C#N)c(C)c1CCC(=O)N1CCC(c2cnc[nH]2)CC1. The normalized spacial score (nSPS) is 15.0. The van der Waals surface area contributed by atoms with E-state index in [4.69, 9.17) is 5.26 Å². The summed E-state index contributed by atoms with van der Waals surface area (Å²) in [5, 5.41) is 9.15. The molecule has 1 aliphatic rings. The quantitative estimate of drug-likeness (QED) is 0.876. The molecule has 7 heteroatoms. The van der Waals surface area contributed by atoms with Crippen molar-refractivity contribution in [2.24, 2.45) is 0 Å². The number of nitriles is 1. The molecule has 2 N–H and O–H groups in total. The monoisotopic (exact) mass is 353 g/mol. The second-order valence-corrected chi connectivity index (χ2v) is 6.83. The topological polar surface area (TPSA) is 106 Å². The molecule has 136 valence electrons. The van der Waals surface area contributed by atoms with E-state index in [1.165, 1.54) is 0 Å². The van der Waals surface area contributed by atoms with Gasteiger partial charge in [-0.05, 0) is 44.2 Å². The minimum absolute atomic E-state index is 0.122. The number of amides is 1. The minimum Gasteiger partial charge on any atom is -0.348 e. The summed E-state index contributed by atoms with van der Waals surface area (Å²) in [4.78, 5) is 36.2. The lowest BCUT2D eigenvalue weighted by Crippen LogP contribution is -2.38. The van der Waals surface area contributed by atoms with E-state index in [1.54, 1.807) is 13.3 Å². The molecule has 1 aliphatic heterocycles. The molecule has 0 radical (unpaired) electrons. The molecule has 0 aliphatic carbocycles. The largest absolute Gasteiger partial charge is 0.348 e. The van der Waals surface area contributed by atoms with Gasteiger partial charge in [-0.3, -0.25) is 9.59 Å². The number of hydrogen-bond acceptors (Lipinski definition) is 4. The van der Waals surface area contributed by atoms with Crippen LogP contribution in [0.2, 0.25) is 0 Å². The smallest absolute Gasteiger partial charge is 0.266 e. The van der Waals surface area contributed by atoms with Crippen molar-refractivity contribution in [1.82, 2.24) is 19.9 Å². The van der Waals surface area contributed by atoms with Gasteiger partial charge in [0.15, 0.2) is 0 Å².